The fraction of sp³-hybridized carbons (Fsp3) is 0.500. The number of nitrogens with two attached hydrogens (primary N) is 1. The highest BCUT2D eigenvalue weighted by Gasteiger charge is 2.29. The Bertz CT molecular complexity index is 351. The second kappa shape index (κ2) is 6.49. The molecule has 0 saturated heterocycles. The number of anilines is 1. The van der Waals surface area contributed by atoms with E-state index in [1.807, 2.05) is 0 Å². The molecule has 0 aromatic heterocycles. The first-order valence-electron chi connectivity index (χ1n) is 5.68. The third kappa shape index (κ3) is 5.77. The Labute approximate surface area is 104 Å². The molecule has 0 atom stereocenters. The van der Waals surface area contributed by atoms with Gasteiger partial charge in [0, 0.05) is 12.2 Å². The monoisotopic (exact) mass is 262 g/mol. The summed E-state index contributed by atoms with van der Waals surface area (Å²) in [5, 5.41) is 0. The number of hydrogen-bond donors (Lipinski definition) is 1. The maximum atomic E-state index is 12.2. The first-order chi connectivity index (χ1) is 8.40. The lowest BCUT2D eigenvalue weighted by Crippen LogP contribution is -2.36. The van der Waals surface area contributed by atoms with Crippen LogP contribution >= 0.6 is 0 Å². The molecule has 1 rings (SSSR count). The van der Waals surface area contributed by atoms with Crippen molar-refractivity contribution in [3.05, 3.63) is 24.3 Å². The van der Waals surface area contributed by atoms with Crippen LogP contribution in [-0.4, -0.2) is 37.3 Å². The molecule has 2 N–H and O–H groups in total. The predicted molar refractivity (Wildman–Crippen MR) is 64.5 cm³/mol. The summed E-state index contributed by atoms with van der Waals surface area (Å²) in [5.74, 6) is 0.604. The number of benzene rings is 1. The van der Waals surface area contributed by atoms with Crippen LogP contribution in [0.1, 0.15) is 6.92 Å². The van der Waals surface area contributed by atoms with Crippen LogP contribution in [0.4, 0.5) is 18.9 Å². The van der Waals surface area contributed by atoms with E-state index in [-0.39, 0.29) is 13.2 Å². The number of ether oxygens (including phenoxy) is 1. The van der Waals surface area contributed by atoms with E-state index in [2.05, 4.69) is 0 Å². The molecule has 0 aliphatic rings. The molecule has 0 spiro atoms. The van der Waals surface area contributed by atoms with E-state index < -0.39 is 12.7 Å². The average Bonchev–Trinajstić information content (AvgIpc) is 2.29. The molecular formula is C12H17F3N2O. The number of halogens is 3. The normalized spacial score (nSPS) is 11.8. The number of nitrogen functional groups attached to an aromatic ring is 1. The smallest absolute Gasteiger partial charge is 0.401 e. The summed E-state index contributed by atoms with van der Waals surface area (Å²) in [5.41, 5.74) is 6.13. The number of alkyl halides is 3. The molecule has 0 amide bonds. The van der Waals surface area contributed by atoms with Crippen molar-refractivity contribution in [2.75, 3.05) is 32.0 Å². The van der Waals surface area contributed by atoms with Crippen LogP contribution in [0.5, 0.6) is 5.75 Å². The average molecular weight is 262 g/mol. The van der Waals surface area contributed by atoms with Gasteiger partial charge in [-0.3, -0.25) is 4.90 Å². The van der Waals surface area contributed by atoms with Crippen molar-refractivity contribution < 1.29 is 17.9 Å². The van der Waals surface area contributed by atoms with Crippen LogP contribution in [0.3, 0.4) is 0 Å². The van der Waals surface area contributed by atoms with Crippen molar-refractivity contribution in [2.24, 2.45) is 0 Å². The minimum absolute atomic E-state index is 0.216. The molecule has 0 aliphatic carbocycles. The molecule has 1 aromatic rings. The largest absolute Gasteiger partial charge is 0.492 e. The Kier molecular flexibility index (Phi) is 5.27. The molecule has 3 nitrogen and oxygen atoms in total. The maximum Gasteiger partial charge on any atom is 0.401 e. The summed E-state index contributed by atoms with van der Waals surface area (Å²) >= 11 is 0. The lowest BCUT2D eigenvalue weighted by atomic mass is 10.3. The fourth-order valence-corrected chi connectivity index (χ4v) is 1.46. The highest BCUT2D eigenvalue weighted by Crippen LogP contribution is 2.16. The van der Waals surface area contributed by atoms with Crippen molar-refractivity contribution in [3.8, 4) is 5.75 Å². The Morgan fingerprint density at radius 1 is 1.22 bits per heavy atom. The van der Waals surface area contributed by atoms with Crippen molar-refractivity contribution >= 4 is 5.69 Å². The Morgan fingerprint density at radius 2 is 1.83 bits per heavy atom. The summed E-state index contributed by atoms with van der Waals surface area (Å²) in [6, 6.07) is 6.75. The molecule has 0 unspecified atom stereocenters. The molecule has 1 aromatic carbocycles. The third-order valence-electron chi connectivity index (χ3n) is 2.41. The number of nitrogens with zero attached hydrogens (tertiary/aromatic N) is 1. The minimum Gasteiger partial charge on any atom is -0.492 e. The Balaban J connectivity index is 2.33. The van der Waals surface area contributed by atoms with Gasteiger partial charge in [0.2, 0.25) is 0 Å². The standard InChI is InChI=1S/C12H17F3N2O/c1-2-17(9-12(13,14)15)7-8-18-11-5-3-10(16)4-6-11/h3-6H,2,7-9,16H2,1H3. The molecule has 0 saturated carbocycles. The third-order valence-corrected chi connectivity index (χ3v) is 2.41. The second-order valence-corrected chi connectivity index (χ2v) is 3.90. The molecule has 0 fully saturated rings. The number of hydrogen-bond acceptors (Lipinski definition) is 3. The van der Waals surface area contributed by atoms with Crippen LogP contribution in [-0.2, 0) is 0 Å². The molecule has 0 heterocycles. The molecule has 0 aliphatic heterocycles. The lowest BCUT2D eigenvalue weighted by Gasteiger charge is -2.21. The highest BCUT2D eigenvalue weighted by molar-refractivity contribution is 5.41. The predicted octanol–water partition coefficient (Wildman–Crippen LogP) is 2.53. The zero-order valence-corrected chi connectivity index (χ0v) is 10.2. The van der Waals surface area contributed by atoms with E-state index in [0.29, 0.717) is 18.0 Å². The summed E-state index contributed by atoms with van der Waals surface area (Å²) < 4.78 is 41.9. The number of likely N-dealkylation sites (N-methyl/N-ethyl adjacent to an activating group) is 1. The van der Waals surface area contributed by atoms with Gasteiger partial charge >= 0.3 is 6.18 Å². The van der Waals surface area contributed by atoms with Gasteiger partial charge in [0.1, 0.15) is 12.4 Å². The zero-order chi connectivity index (χ0) is 13.6. The van der Waals surface area contributed by atoms with Crippen molar-refractivity contribution in [1.82, 2.24) is 4.90 Å². The van der Waals surface area contributed by atoms with Crippen LogP contribution in [0.25, 0.3) is 0 Å². The van der Waals surface area contributed by atoms with Crippen molar-refractivity contribution in [1.29, 1.82) is 0 Å². The van der Waals surface area contributed by atoms with Gasteiger partial charge in [-0.2, -0.15) is 13.2 Å². The summed E-state index contributed by atoms with van der Waals surface area (Å²) in [7, 11) is 0. The Hall–Kier alpha value is -1.43. The van der Waals surface area contributed by atoms with Crippen LogP contribution in [0.15, 0.2) is 24.3 Å². The molecule has 18 heavy (non-hydrogen) atoms. The van der Waals surface area contributed by atoms with E-state index >= 15 is 0 Å². The maximum absolute atomic E-state index is 12.2. The van der Waals surface area contributed by atoms with Gasteiger partial charge < -0.3 is 10.5 Å². The van der Waals surface area contributed by atoms with Gasteiger partial charge in [-0.15, -0.1) is 0 Å². The molecule has 0 radical (unpaired) electrons. The molecule has 0 bridgehead atoms. The zero-order valence-electron chi connectivity index (χ0n) is 10.2. The van der Waals surface area contributed by atoms with Gasteiger partial charge in [0.15, 0.2) is 0 Å². The van der Waals surface area contributed by atoms with E-state index in [4.69, 9.17) is 10.5 Å². The van der Waals surface area contributed by atoms with E-state index in [1.54, 1.807) is 31.2 Å². The topological polar surface area (TPSA) is 38.5 Å². The molecular weight excluding hydrogens is 245 g/mol. The number of rotatable bonds is 6. The van der Waals surface area contributed by atoms with Gasteiger partial charge in [0.05, 0.1) is 6.54 Å². The van der Waals surface area contributed by atoms with Gasteiger partial charge in [-0.1, -0.05) is 6.92 Å². The lowest BCUT2D eigenvalue weighted by molar-refractivity contribution is -0.146. The van der Waals surface area contributed by atoms with Crippen LogP contribution < -0.4 is 10.5 Å². The first-order valence-corrected chi connectivity index (χ1v) is 5.68. The first kappa shape index (κ1) is 14.6. The summed E-state index contributed by atoms with van der Waals surface area (Å²) in [4.78, 5) is 1.29. The van der Waals surface area contributed by atoms with Gasteiger partial charge in [0.25, 0.3) is 0 Å². The fourth-order valence-electron chi connectivity index (χ4n) is 1.46. The van der Waals surface area contributed by atoms with E-state index in [0.717, 1.165) is 0 Å². The van der Waals surface area contributed by atoms with Crippen molar-refractivity contribution in [2.45, 2.75) is 13.1 Å². The van der Waals surface area contributed by atoms with E-state index in [1.165, 1.54) is 4.90 Å². The second-order valence-electron chi connectivity index (χ2n) is 3.90. The van der Waals surface area contributed by atoms with Gasteiger partial charge in [-0.25, -0.2) is 0 Å². The summed E-state index contributed by atoms with van der Waals surface area (Å²) in [6.07, 6.45) is -4.17. The minimum atomic E-state index is -4.17. The van der Waals surface area contributed by atoms with Crippen molar-refractivity contribution in [3.63, 3.8) is 0 Å². The highest BCUT2D eigenvalue weighted by atomic mass is 19.4. The van der Waals surface area contributed by atoms with Crippen LogP contribution in [0, 0.1) is 0 Å². The molecule has 6 heteroatoms. The van der Waals surface area contributed by atoms with Crippen LogP contribution in [0.2, 0.25) is 0 Å². The molecule has 102 valence electrons. The summed E-state index contributed by atoms with van der Waals surface area (Å²) in [6.45, 7) is 1.57. The SMILES string of the molecule is CCN(CCOc1ccc(N)cc1)CC(F)(F)F. The van der Waals surface area contributed by atoms with E-state index in [9.17, 15) is 13.2 Å². The van der Waals surface area contributed by atoms with Gasteiger partial charge in [-0.05, 0) is 30.8 Å². The Morgan fingerprint density at radius 3 is 2.33 bits per heavy atom. The quantitative estimate of drug-likeness (QED) is 0.801.